The van der Waals surface area contributed by atoms with Gasteiger partial charge in [-0.3, -0.25) is 4.79 Å². The van der Waals surface area contributed by atoms with Crippen molar-refractivity contribution >= 4 is 33.2 Å². The largest absolute Gasteiger partial charge is 0.492 e. The number of rotatable bonds is 7. The Balaban J connectivity index is 1.71. The zero-order valence-electron chi connectivity index (χ0n) is 17.2. The van der Waals surface area contributed by atoms with Gasteiger partial charge in [0.15, 0.2) is 0 Å². The Labute approximate surface area is 183 Å². The number of halogens is 1. The van der Waals surface area contributed by atoms with Crippen molar-refractivity contribution in [2.45, 2.75) is 38.0 Å². The zero-order chi connectivity index (χ0) is 21.7. The smallest absolute Gasteiger partial charge is 0.243 e. The Bertz CT molecular complexity index is 993. The van der Waals surface area contributed by atoms with Gasteiger partial charge in [0.2, 0.25) is 15.9 Å². The van der Waals surface area contributed by atoms with E-state index in [-0.39, 0.29) is 22.4 Å². The average molecular weight is 451 g/mol. The lowest BCUT2D eigenvalue weighted by Gasteiger charge is -2.31. The minimum absolute atomic E-state index is 0.104. The molecule has 1 saturated heterocycles. The van der Waals surface area contributed by atoms with Crippen molar-refractivity contribution in [2.75, 3.05) is 25.0 Å². The first-order chi connectivity index (χ1) is 14.3. The molecule has 0 aromatic heterocycles. The molecule has 1 amide bonds. The van der Waals surface area contributed by atoms with Crippen molar-refractivity contribution < 1.29 is 17.9 Å². The monoisotopic (exact) mass is 450 g/mol. The van der Waals surface area contributed by atoms with Crippen molar-refractivity contribution in [1.29, 1.82) is 0 Å². The molecule has 0 aliphatic carbocycles. The van der Waals surface area contributed by atoms with Gasteiger partial charge in [0.25, 0.3) is 0 Å². The van der Waals surface area contributed by atoms with Gasteiger partial charge in [0.1, 0.15) is 5.75 Å². The van der Waals surface area contributed by atoms with E-state index in [0.29, 0.717) is 31.7 Å². The van der Waals surface area contributed by atoms with Crippen LogP contribution in [0.1, 0.15) is 32.3 Å². The van der Waals surface area contributed by atoms with E-state index in [4.69, 9.17) is 16.3 Å². The van der Waals surface area contributed by atoms with Gasteiger partial charge in [-0.05, 0) is 62.1 Å². The molecule has 30 heavy (non-hydrogen) atoms. The first-order valence-electron chi connectivity index (χ1n) is 10.2. The van der Waals surface area contributed by atoms with Crippen molar-refractivity contribution in [3.8, 4) is 5.75 Å². The van der Waals surface area contributed by atoms with Gasteiger partial charge >= 0.3 is 0 Å². The third-order valence-corrected chi connectivity index (χ3v) is 7.38. The van der Waals surface area contributed by atoms with Crippen LogP contribution in [-0.4, -0.2) is 38.3 Å². The summed E-state index contributed by atoms with van der Waals surface area (Å²) >= 11 is 6.17. The van der Waals surface area contributed by atoms with Gasteiger partial charge in [0, 0.05) is 18.8 Å². The van der Waals surface area contributed by atoms with E-state index in [1.165, 1.54) is 22.0 Å². The van der Waals surface area contributed by atoms with Crippen molar-refractivity contribution in [3.05, 3.63) is 53.1 Å². The molecule has 1 fully saturated rings. The number of carbonyl (C=O) groups excluding carboxylic acids is 1. The van der Waals surface area contributed by atoms with E-state index < -0.39 is 15.9 Å². The normalized spacial score (nSPS) is 17.5. The minimum Gasteiger partial charge on any atom is -0.492 e. The summed E-state index contributed by atoms with van der Waals surface area (Å²) in [4.78, 5) is 12.8. The number of anilines is 1. The molecule has 3 rings (SSSR count). The molecule has 2 aromatic rings. The van der Waals surface area contributed by atoms with E-state index in [2.05, 4.69) is 12.2 Å². The number of nitrogens with zero attached hydrogens (tertiary/aromatic N) is 1. The summed E-state index contributed by atoms with van der Waals surface area (Å²) in [6.45, 7) is 4.87. The van der Waals surface area contributed by atoms with E-state index in [1.807, 2.05) is 31.2 Å². The Kier molecular flexibility index (Phi) is 7.39. The van der Waals surface area contributed by atoms with Crippen LogP contribution < -0.4 is 10.1 Å². The van der Waals surface area contributed by atoms with Crippen LogP contribution >= 0.6 is 11.6 Å². The number of piperidine rings is 1. The predicted molar refractivity (Wildman–Crippen MR) is 119 cm³/mol. The zero-order valence-corrected chi connectivity index (χ0v) is 18.8. The number of sulfonamides is 1. The van der Waals surface area contributed by atoms with Crippen LogP contribution in [-0.2, 0) is 21.2 Å². The Morgan fingerprint density at radius 2 is 1.93 bits per heavy atom. The number of hydrogen-bond acceptors (Lipinski definition) is 4. The SMILES string of the molecule is CCOc1ccc(S(=O)(=O)N2CCC[C@@H](C(=O)Nc3ccc(CC)cc3)C2)cc1Cl. The van der Waals surface area contributed by atoms with Crippen LogP contribution in [0.25, 0.3) is 0 Å². The number of hydrogen-bond donors (Lipinski definition) is 1. The Morgan fingerprint density at radius 1 is 1.20 bits per heavy atom. The topological polar surface area (TPSA) is 75.7 Å². The Hall–Kier alpha value is -2.09. The molecule has 162 valence electrons. The second kappa shape index (κ2) is 9.81. The number of benzene rings is 2. The van der Waals surface area contributed by atoms with Crippen molar-refractivity contribution in [1.82, 2.24) is 4.31 Å². The summed E-state index contributed by atoms with van der Waals surface area (Å²) in [7, 11) is -3.75. The molecule has 1 aliphatic heterocycles. The highest BCUT2D eigenvalue weighted by Gasteiger charge is 2.33. The van der Waals surface area contributed by atoms with E-state index in [9.17, 15) is 13.2 Å². The molecule has 2 aromatic carbocycles. The molecule has 0 unspecified atom stereocenters. The fourth-order valence-electron chi connectivity index (χ4n) is 3.51. The first-order valence-corrected chi connectivity index (χ1v) is 12.0. The molecule has 6 nitrogen and oxygen atoms in total. The maximum atomic E-state index is 13.1. The second-order valence-electron chi connectivity index (χ2n) is 7.27. The van der Waals surface area contributed by atoms with Gasteiger partial charge in [-0.2, -0.15) is 4.31 Å². The molecule has 1 N–H and O–H groups in total. The molecular formula is C22H27ClN2O4S. The second-order valence-corrected chi connectivity index (χ2v) is 9.61. The summed E-state index contributed by atoms with van der Waals surface area (Å²) in [5.74, 6) is -0.121. The lowest BCUT2D eigenvalue weighted by Crippen LogP contribution is -2.43. The van der Waals surface area contributed by atoms with Gasteiger partial charge in [-0.25, -0.2) is 8.42 Å². The maximum absolute atomic E-state index is 13.1. The van der Waals surface area contributed by atoms with Gasteiger partial charge in [-0.1, -0.05) is 30.7 Å². The molecule has 1 heterocycles. The number of ether oxygens (including phenoxy) is 1. The van der Waals surface area contributed by atoms with E-state index >= 15 is 0 Å². The molecule has 8 heteroatoms. The summed E-state index contributed by atoms with van der Waals surface area (Å²) in [6, 6.07) is 12.1. The standard InChI is InChI=1S/C22H27ClN2O4S/c1-3-16-7-9-18(10-8-16)24-22(26)17-6-5-13-25(15-17)30(27,28)19-11-12-21(29-4-2)20(23)14-19/h7-12,14,17H,3-6,13,15H2,1-2H3,(H,24,26)/t17-/m1/s1. The van der Waals surface area contributed by atoms with Crippen LogP contribution in [0.3, 0.4) is 0 Å². The molecule has 1 aliphatic rings. The third-order valence-electron chi connectivity index (χ3n) is 5.23. The maximum Gasteiger partial charge on any atom is 0.243 e. The number of carbonyl (C=O) groups is 1. The fourth-order valence-corrected chi connectivity index (χ4v) is 5.36. The lowest BCUT2D eigenvalue weighted by atomic mass is 9.98. The summed E-state index contributed by atoms with van der Waals surface area (Å²) in [5, 5.41) is 3.16. The number of aryl methyl sites for hydroxylation is 1. The highest BCUT2D eigenvalue weighted by atomic mass is 35.5. The van der Waals surface area contributed by atoms with Crippen LogP contribution in [0.5, 0.6) is 5.75 Å². The molecule has 0 radical (unpaired) electrons. The quantitative estimate of drug-likeness (QED) is 0.680. The lowest BCUT2D eigenvalue weighted by molar-refractivity contribution is -0.120. The first kappa shape index (κ1) is 22.6. The van der Waals surface area contributed by atoms with Crippen LogP contribution in [0.15, 0.2) is 47.4 Å². The van der Waals surface area contributed by atoms with Gasteiger partial charge in [0.05, 0.1) is 22.4 Å². The number of amides is 1. The molecule has 0 bridgehead atoms. The van der Waals surface area contributed by atoms with Gasteiger partial charge < -0.3 is 10.1 Å². The summed E-state index contributed by atoms with van der Waals surface area (Å²) < 4.78 is 32.9. The number of nitrogens with one attached hydrogen (secondary N) is 1. The molecule has 1 atom stereocenters. The van der Waals surface area contributed by atoms with Crippen molar-refractivity contribution in [3.63, 3.8) is 0 Å². The summed E-state index contributed by atoms with van der Waals surface area (Å²) in [6.07, 6.45) is 2.20. The fraction of sp³-hybridized carbons (Fsp3) is 0.409. The average Bonchev–Trinajstić information content (AvgIpc) is 2.76. The highest BCUT2D eigenvalue weighted by Crippen LogP contribution is 2.30. The minimum atomic E-state index is -3.75. The van der Waals surface area contributed by atoms with Gasteiger partial charge in [-0.15, -0.1) is 0 Å². The molecule has 0 saturated carbocycles. The predicted octanol–water partition coefficient (Wildman–Crippen LogP) is 4.34. The van der Waals surface area contributed by atoms with Crippen LogP contribution in [0.2, 0.25) is 5.02 Å². The summed E-state index contributed by atoms with van der Waals surface area (Å²) in [5.41, 5.74) is 1.91. The Morgan fingerprint density at radius 3 is 2.57 bits per heavy atom. The van der Waals surface area contributed by atoms with Crippen molar-refractivity contribution in [2.24, 2.45) is 5.92 Å². The highest BCUT2D eigenvalue weighted by molar-refractivity contribution is 7.89. The molecular weight excluding hydrogens is 424 g/mol. The van der Waals surface area contributed by atoms with E-state index in [1.54, 1.807) is 6.07 Å². The molecule has 0 spiro atoms. The third kappa shape index (κ3) is 5.14. The van der Waals surface area contributed by atoms with E-state index in [0.717, 1.165) is 12.1 Å². The van der Waals surface area contributed by atoms with Crippen LogP contribution in [0.4, 0.5) is 5.69 Å². The van der Waals surface area contributed by atoms with Crippen LogP contribution in [0, 0.1) is 5.92 Å².